The second-order valence-electron chi connectivity index (χ2n) is 8.26. The third-order valence-corrected chi connectivity index (χ3v) is 6.96. The summed E-state index contributed by atoms with van der Waals surface area (Å²) in [5.41, 5.74) is 0.472. The molecule has 0 unspecified atom stereocenters. The Morgan fingerprint density at radius 3 is 2.29 bits per heavy atom. The van der Waals surface area contributed by atoms with E-state index < -0.39 is 5.97 Å². The Kier molecular flexibility index (Phi) is 7.42. The lowest BCUT2D eigenvalue weighted by molar-refractivity contribution is -0.143. The summed E-state index contributed by atoms with van der Waals surface area (Å²) in [6.07, 6.45) is 2.60. The molecule has 4 rings (SSSR count). The average Bonchev–Trinajstić information content (AvgIpc) is 3.26. The van der Waals surface area contributed by atoms with Crippen LogP contribution >= 0.6 is 11.3 Å². The number of fused-ring (bicyclic) bond motifs is 1. The van der Waals surface area contributed by atoms with Gasteiger partial charge in [0, 0.05) is 23.4 Å². The van der Waals surface area contributed by atoms with Crippen LogP contribution in [0.15, 0.2) is 48.5 Å². The van der Waals surface area contributed by atoms with Crippen LogP contribution in [0.25, 0.3) is 10.1 Å². The topological polar surface area (TPSA) is 105 Å². The first-order valence-corrected chi connectivity index (χ1v) is 12.0. The molecule has 0 saturated heterocycles. The number of aliphatic carboxylic acids is 1. The largest absolute Gasteiger partial charge is 0.490 e. The van der Waals surface area contributed by atoms with E-state index in [1.165, 1.54) is 23.5 Å². The Bertz CT molecular complexity index is 1190. The van der Waals surface area contributed by atoms with Gasteiger partial charge in [-0.15, -0.1) is 11.3 Å². The molecule has 0 radical (unpaired) electrons. The van der Waals surface area contributed by atoms with Crippen molar-refractivity contribution in [3.05, 3.63) is 64.8 Å². The van der Waals surface area contributed by atoms with Gasteiger partial charge in [-0.1, -0.05) is 0 Å². The molecule has 2 amide bonds. The minimum absolute atomic E-state index is 0.0150. The molecule has 3 N–H and O–H groups in total. The van der Waals surface area contributed by atoms with Gasteiger partial charge in [0.1, 0.15) is 11.6 Å². The quantitative estimate of drug-likeness (QED) is 0.415. The molecule has 0 spiro atoms. The molecule has 7 nitrogen and oxygen atoms in total. The maximum absolute atomic E-state index is 13.3. The monoisotopic (exact) mass is 484 g/mol. The molecule has 2 aromatic carbocycles. The molecule has 3 aromatic rings. The number of carbonyl (C=O) groups excluding carboxylic acids is 2. The number of halogens is 1. The molecular formula is C25H25FN2O5S. The zero-order chi connectivity index (χ0) is 24.1. The number of ether oxygens (including phenoxy) is 1. The number of rotatable bonds is 8. The van der Waals surface area contributed by atoms with Crippen molar-refractivity contribution in [3.8, 4) is 5.75 Å². The van der Waals surface area contributed by atoms with Crippen LogP contribution in [-0.4, -0.2) is 42.1 Å². The summed E-state index contributed by atoms with van der Waals surface area (Å²) >= 11 is 1.29. The van der Waals surface area contributed by atoms with Gasteiger partial charge in [-0.25, -0.2) is 4.39 Å². The number of hydrogen-bond acceptors (Lipinski definition) is 5. The van der Waals surface area contributed by atoms with Gasteiger partial charge in [0.05, 0.1) is 16.9 Å². The predicted octanol–water partition coefficient (Wildman–Crippen LogP) is 4.22. The first-order valence-electron chi connectivity index (χ1n) is 11.1. The highest BCUT2D eigenvalue weighted by molar-refractivity contribution is 7.20. The molecule has 1 fully saturated rings. The van der Waals surface area contributed by atoms with Crippen molar-refractivity contribution in [2.75, 3.05) is 13.1 Å². The number of amides is 2. The summed E-state index contributed by atoms with van der Waals surface area (Å²) in [5.74, 6) is -1.27. The number of carbonyl (C=O) groups is 3. The summed E-state index contributed by atoms with van der Waals surface area (Å²) < 4.78 is 20.1. The van der Waals surface area contributed by atoms with Crippen LogP contribution in [0.5, 0.6) is 5.75 Å². The fourth-order valence-corrected chi connectivity index (χ4v) is 4.93. The number of carboxylic acids is 1. The first-order chi connectivity index (χ1) is 16.4. The fraction of sp³-hybridized carbons (Fsp3) is 0.320. The van der Waals surface area contributed by atoms with E-state index in [9.17, 15) is 18.8 Å². The molecule has 9 heteroatoms. The number of hydrogen-bond donors (Lipinski definition) is 3. The van der Waals surface area contributed by atoms with Gasteiger partial charge in [0.15, 0.2) is 0 Å². The van der Waals surface area contributed by atoms with Crippen molar-refractivity contribution in [1.29, 1.82) is 0 Å². The van der Waals surface area contributed by atoms with E-state index in [0.29, 0.717) is 47.3 Å². The minimum atomic E-state index is -0.745. The van der Waals surface area contributed by atoms with Crippen molar-refractivity contribution in [2.45, 2.75) is 31.8 Å². The van der Waals surface area contributed by atoms with Gasteiger partial charge < -0.3 is 20.5 Å². The lowest BCUT2D eigenvalue weighted by Crippen LogP contribution is -2.34. The average molecular weight is 485 g/mol. The highest BCUT2D eigenvalue weighted by Gasteiger charge is 2.26. The maximum Gasteiger partial charge on any atom is 0.306 e. The van der Waals surface area contributed by atoms with E-state index in [4.69, 9.17) is 9.84 Å². The van der Waals surface area contributed by atoms with Crippen LogP contribution in [-0.2, 0) is 4.79 Å². The van der Waals surface area contributed by atoms with Gasteiger partial charge in [-0.3, -0.25) is 14.4 Å². The molecule has 1 heterocycles. The Hall–Kier alpha value is -3.46. The maximum atomic E-state index is 13.3. The number of nitrogens with one attached hydrogen (secondary N) is 2. The van der Waals surface area contributed by atoms with Crippen molar-refractivity contribution in [3.63, 3.8) is 0 Å². The lowest BCUT2D eigenvalue weighted by Gasteiger charge is -2.26. The summed E-state index contributed by atoms with van der Waals surface area (Å²) in [6.45, 7) is 0.516. The van der Waals surface area contributed by atoms with E-state index in [0.717, 1.165) is 4.70 Å². The number of carboxylic acid groups (broad SMARTS) is 1. The van der Waals surface area contributed by atoms with E-state index in [2.05, 4.69) is 10.6 Å². The van der Waals surface area contributed by atoms with Crippen LogP contribution < -0.4 is 15.4 Å². The lowest BCUT2D eigenvalue weighted by atomic mass is 9.87. The SMILES string of the molecule is O=C(NCCNC(=O)c1cc2cc(F)ccc2s1)c1ccc(OC2CCC(C(=O)O)CC2)cc1. The fourth-order valence-electron chi connectivity index (χ4n) is 3.97. The number of benzene rings is 2. The van der Waals surface area contributed by atoms with Gasteiger partial charge in [-0.2, -0.15) is 0 Å². The van der Waals surface area contributed by atoms with Crippen molar-refractivity contribution in [1.82, 2.24) is 10.6 Å². The van der Waals surface area contributed by atoms with Gasteiger partial charge in [0.2, 0.25) is 0 Å². The minimum Gasteiger partial charge on any atom is -0.490 e. The summed E-state index contributed by atoms with van der Waals surface area (Å²) in [6, 6.07) is 12.8. The molecule has 0 atom stereocenters. The van der Waals surface area contributed by atoms with E-state index in [1.54, 1.807) is 36.4 Å². The highest BCUT2D eigenvalue weighted by atomic mass is 32.1. The van der Waals surface area contributed by atoms with Gasteiger partial charge in [-0.05, 0) is 79.6 Å². The molecular weight excluding hydrogens is 459 g/mol. The molecule has 178 valence electrons. The zero-order valence-electron chi connectivity index (χ0n) is 18.4. The standard InChI is InChI=1S/C25H25FN2O5S/c26-18-5-10-21-17(13-18)14-22(34-21)24(30)28-12-11-27-23(29)15-1-6-19(7-2-15)33-20-8-3-16(4-9-20)25(31)32/h1-2,5-7,10,13-14,16,20H,3-4,8-9,11-12H2,(H,27,29)(H,28,30)(H,31,32). The third-order valence-electron chi connectivity index (χ3n) is 5.84. The zero-order valence-corrected chi connectivity index (χ0v) is 19.2. The predicted molar refractivity (Wildman–Crippen MR) is 127 cm³/mol. The van der Waals surface area contributed by atoms with Crippen LogP contribution in [0.2, 0.25) is 0 Å². The van der Waals surface area contributed by atoms with Crippen LogP contribution in [0, 0.1) is 11.7 Å². The molecule has 0 aliphatic heterocycles. The normalized spacial score (nSPS) is 17.8. The second kappa shape index (κ2) is 10.6. The highest BCUT2D eigenvalue weighted by Crippen LogP contribution is 2.28. The summed E-state index contributed by atoms with van der Waals surface area (Å²) in [7, 11) is 0. The summed E-state index contributed by atoms with van der Waals surface area (Å²) in [5, 5.41) is 15.3. The smallest absolute Gasteiger partial charge is 0.306 e. The van der Waals surface area contributed by atoms with Crippen LogP contribution in [0.4, 0.5) is 4.39 Å². The van der Waals surface area contributed by atoms with E-state index >= 15 is 0 Å². The number of thiophene rings is 1. The molecule has 1 aliphatic rings. The first kappa shape index (κ1) is 23.7. The van der Waals surface area contributed by atoms with Gasteiger partial charge >= 0.3 is 5.97 Å². The Labute approximate surface area is 199 Å². The Balaban J connectivity index is 1.19. The van der Waals surface area contributed by atoms with Gasteiger partial charge in [0.25, 0.3) is 11.8 Å². The molecule has 34 heavy (non-hydrogen) atoms. The third kappa shape index (κ3) is 5.91. The van der Waals surface area contributed by atoms with Crippen molar-refractivity contribution < 1.29 is 28.6 Å². The molecule has 0 bridgehead atoms. The van der Waals surface area contributed by atoms with E-state index in [1.807, 2.05) is 0 Å². The Morgan fingerprint density at radius 2 is 1.62 bits per heavy atom. The summed E-state index contributed by atoms with van der Waals surface area (Å²) in [4.78, 5) is 36.2. The van der Waals surface area contributed by atoms with Crippen LogP contribution in [0.3, 0.4) is 0 Å². The second-order valence-corrected chi connectivity index (χ2v) is 9.34. The Morgan fingerprint density at radius 1 is 0.941 bits per heavy atom. The van der Waals surface area contributed by atoms with Crippen molar-refractivity contribution >= 4 is 39.2 Å². The molecule has 1 aliphatic carbocycles. The molecule has 1 aromatic heterocycles. The van der Waals surface area contributed by atoms with E-state index in [-0.39, 0.29) is 42.7 Å². The van der Waals surface area contributed by atoms with Crippen LogP contribution in [0.1, 0.15) is 45.7 Å². The van der Waals surface area contributed by atoms with Crippen molar-refractivity contribution in [2.24, 2.45) is 5.92 Å². The molecule has 1 saturated carbocycles.